The molecule has 0 aliphatic rings. The van der Waals surface area contributed by atoms with E-state index in [0.717, 1.165) is 0 Å². The molecule has 0 aromatic carbocycles. The summed E-state index contributed by atoms with van der Waals surface area (Å²) in [7, 11) is -2.17. The number of esters is 1. The van der Waals surface area contributed by atoms with Gasteiger partial charge in [0.1, 0.15) is 6.04 Å². The molecule has 0 spiro atoms. The van der Waals surface area contributed by atoms with Crippen molar-refractivity contribution in [3.63, 3.8) is 0 Å². The molecule has 0 radical (unpaired) electrons. The average molecular weight is 251 g/mol. The van der Waals surface area contributed by atoms with Gasteiger partial charge in [-0.25, -0.2) is 13.1 Å². The summed E-state index contributed by atoms with van der Waals surface area (Å²) in [4.78, 5) is 11.5. The molecule has 0 bridgehead atoms. The van der Waals surface area contributed by atoms with Gasteiger partial charge in [0.05, 0.1) is 12.9 Å². The van der Waals surface area contributed by atoms with Crippen LogP contribution in [0.25, 0.3) is 0 Å². The van der Waals surface area contributed by atoms with Crippen LogP contribution in [0.1, 0.15) is 34.1 Å². The van der Waals surface area contributed by atoms with Crippen LogP contribution in [0.5, 0.6) is 0 Å². The molecule has 0 aliphatic heterocycles. The predicted octanol–water partition coefficient (Wildman–Crippen LogP) is 0.903. The topological polar surface area (TPSA) is 72.5 Å². The zero-order chi connectivity index (χ0) is 13.0. The summed E-state index contributed by atoms with van der Waals surface area (Å²) < 4.78 is 30.2. The lowest BCUT2D eigenvalue weighted by atomic mass is 9.87. The van der Waals surface area contributed by atoms with Crippen molar-refractivity contribution in [2.75, 3.05) is 12.9 Å². The Balaban J connectivity index is 4.90. The Morgan fingerprint density at radius 2 is 1.88 bits per heavy atom. The molecule has 96 valence electrons. The number of hydrogen-bond donors (Lipinski definition) is 1. The van der Waals surface area contributed by atoms with Crippen molar-refractivity contribution in [2.45, 2.75) is 40.2 Å². The molecule has 0 amide bonds. The van der Waals surface area contributed by atoms with Gasteiger partial charge in [-0.1, -0.05) is 27.7 Å². The third-order valence-corrected chi connectivity index (χ3v) is 3.61. The van der Waals surface area contributed by atoms with Gasteiger partial charge < -0.3 is 4.74 Å². The Hall–Kier alpha value is -0.620. The van der Waals surface area contributed by atoms with E-state index in [1.165, 1.54) is 7.11 Å². The van der Waals surface area contributed by atoms with Crippen LogP contribution in [0.2, 0.25) is 0 Å². The van der Waals surface area contributed by atoms with E-state index in [0.29, 0.717) is 6.42 Å². The fourth-order valence-electron chi connectivity index (χ4n) is 1.20. The van der Waals surface area contributed by atoms with Crippen molar-refractivity contribution in [1.82, 2.24) is 4.72 Å². The van der Waals surface area contributed by atoms with Crippen molar-refractivity contribution in [2.24, 2.45) is 5.41 Å². The van der Waals surface area contributed by atoms with E-state index in [1.54, 1.807) is 27.7 Å². The number of carbonyl (C=O) groups excluding carboxylic acids is 1. The SMILES string of the molecule is CCCS(=O)(=O)NC(C(=O)OC)C(C)(C)C. The van der Waals surface area contributed by atoms with Crippen LogP contribution < -0.4 is 4.72 Å². The standard InChI is InChI=1S/C10H21NO4S/c1-6-7-16(13,14)11-8(9(12)15-5)10(2,3)4/h8,11H,6-7H2,1-5H3. The largest absolute Gasteiger partial charge is 0.468 e. The number of sulfonamides is 1. The van der Waals surface area contributed by atoms with Gasteiger partial charge in [0.15, 0.2) is 0 Å². The van der Waals surface area contributed by atoms with E-state index in [4.69, 9.17) is 0 Å². The number of methoxy groups -OCH3 is 1. The smallest absolute Gasteiger partial charge is 0.324 e. The fourth-order valence-corrected chi connectivity index (χ4v) is 2.67. The monoisotopic (exact) mass is 251 g/mol. The highest BCUT2D eigenvalue weighted by atomic mass is 32.2. The molecule has 1 N–H and O–H groups in total. The number of ether oxygens (including phenoxy) is 1. The third kappa shape index (κ3) is 4.94. The first-order chi connectivity index (χ1) is 7.14. The summed E-state index contributed by atoms with van der Waals surface area (Å²) in [5.74, 6) is -0.552. The van der Waals surface area contributed by atoms with E-state index in [9.17, 15) is 13.2 Å². The van der Waals surface area contributed by atoms with Gasteiger partial charge in [-0.2, -0.15) is 0 Å². The molecule has 0 saturated heterocycles. The minimum absolute atomic E-state index is 0.0105. The van der Waals surface area contributed by atoms with Crippen LogP contribution >= 0.6 is 0 Å². The van der Waals surface area contributed by atoms with Crippen LogP contribution in [0.4, 0.5) is 0 Å². The van der Waals surface area contributed by atoms with Crippen LogP contribution in [0, 0.1) is 5.41 Å². The molecule has 0 saturated carbocycles. The summed E-state index contributed by atoms with van der Waals surface area (Å²) in [6.45, 7) is 7.11. The Morgan fingerprint density at radius 1 is 1.38 bits per heavy atom. The van der Waals surface area contributed by atoms with Crippen molar-refractivity contribution in [1.29, 1.82) is 0 Å². The minimum Gasteiger partial charge on any atom is -0.468 e. The Morgan fingerprint density at radius 3 is 2.19 bits per heavy atom. The zero-order valence-electron chi connectivity index (χ0n) is 10.5. The maximum Gasteiger partial charge on any atom is 0.324 e. The average Bonchev–Trinajstić information content (AvgIpc) is 2.11. The van der Waals surface area contributed by atoms with E-state index >= 15 is 0 Å². The molecule has 0 fully saturated rings. The number of hydrogen-bond acceptors (Lipinski definition) is 4. The van der Waals surface area contributed by atoms with Crippen LogP contribution in [-0.2, 0) is 19.6 Å². The normalized spacial score (nSPS) is 14.6. The van der Waals surface area contributed by atoms with Gasteiger partial charge in [-0.15, -0.1) is 0 Å². The van der Waals surface area contributed by atoms with E-state index in [-0.39, 0.29) is 5.75 Å². The third-order valence-electron chi connectivity index (χ3n) is 2.07. The minimum atomic E-state index is -3.42. The summed E-state index contributed by atoms with van der Waals surface area (Å²) in [6, 6.07) is -0.853. The highest BCUT2D eigenvalue weighted by Gasteiger charge is 2.35. The molecule has 5 nitrogen and oxygen atoms in total. The van der Waals surface area contributed by atoms with Crippen molar-refractivity contribution in [3.8, 4) is 0 Å². The Bertz CT molecular complexity index is 329. The van der Waals surface area contributed by atoms with Crippen LogP contribution in [0.3, 0.4) is 0 Å². The molecular formula is C10H21NO4S. The summed E-state index contributed by atoms with van der Waals surface area (Å²) in [5, 5.41) is 0. The lowest BCUT2D eigenvalue weighted by Gasteiger charge is -2.28. The van der Waals surface area contributed by atoms with E-state index in [1.807, 2.05) is 0 Å². The van der Waals surface area contributed by atoms with Gasteiger partial charge in [-0.3, -0.25) is 4.79 Å². The quantitative estimate of drug-likeness (QED) is 0.737. The number of carbonyl (C=O) groups is 1. The van der Waals surface area contributed by atoms with E-state index in [2.05, 4.69) is 9.46 Å². The Labute approximate surface area is 97.6 Å². The first-order valence-corrected chi connectivity index (χ1v) is 6.87. The summed E-state index contributed by atoms with van der Waals surface area (Å²) in [6.07, 6.45) is 0.507. The Kier molecular flexibility index (Phi) is 5.41. The molecule has 0 aromatic heterocycles. The summed E-state index contributed by atoms with van der Waals surface area (Å²) in [5.41, 5.74) is -0.520. The molecule has 0 aromatic rings. The fraction of sp³-hybridized carbons (Fsp3) is 0.900. The zero-order valence-corrected chi connectivity index (χ0v) is 11.3. The van der Waals surface area contributed by atoms with Crippen LogP contribution in [0.15, 0.2) is 0 Å². The van der Waals surface area contributed by atoms with Gasteiger partial charge in [-0.05, 0) is 11.8 Å². The molecule has 0 aliphatic carbocycles. The van der Waals surface area contributed by atoms with Gasteiger partial charge in [0.25, 0.3) is 0 Å². The molecule has 1 unspecified atom stereocenters. The first kappa shape index (κ1) is 15.4. The van der Waals surface area contributed by atoms with Crippen molar-refractivity contribution < 1.29 is 17.9 Å². The molecular weight excluding hydrogens is 230 g/mol. The maximum atomic E-state index is 11.6. The molecule has 6 heteroatoms. The summed E-state index contributed by atoms with van der Waals surface area (Å²) >= 11 is 0. The van der Waals surface area contributed by atoms with Gasteiger partial charge in [0.2, 0.25) is 10.0 Å². The molecule has 16 heavy (non-hydrogen) atoms. The number of rotatable bonds is 5. The highest BCUT2D eigenvalue weighted by molar-refractivity contribution is 7.89. The maximum absolute atomic E-state index is 11.6. The highest BCUT2D eigenvalue weighted by Crippen LogP contribution is 2.21. The van der Waals surface area contributed by atoms with E-state index < -0.39 is 27.4 Å². The second-order valence-corrected chi connectivity index (χ2v) is 6.63. The number of nitrogens with one attached hydrogen (secondary N) is 1. The van der Waals surface area contributed by atoms with Gasteiger partial charge >= 0.3 is 5.97 Å². The van der Waals surface area contributed by atoms with Gasteiger partial charge in [0, 0.05) is 0 Å². The first-order valence-electron chi connectivity index (χ1n) is 5.22. The molecule has 1 atom stereocenters. The second kappa shape index (κ2) is 5.63. The lowest BCUT2D eigenvalue weighted by Crippen LogP contribution is -2.50. The predicted molar refractivity (Wildman–Crippen MR) is 62.5 cm³/mol. The second-order valence-electron chi connectivity index (χ2n) is 4.76. The van der Waals surface area contributed by atoms with Crippen LogP contribution in [-0.4, -0.2) is 33.3 Å². The van der Waals surface area contributed by atoms with Crippen molar-refractivity contribution in [3.05, 3.63) is 0 Å². The molecule has 0 heterocycles. The lowest BCUT2D eigenvalue weighted by molar-refractivity contribution is -0.145. The molecule has 0 rings (SSSR count). The van der Waals surface area contributed by atoms with Crippen molar-refractivity contribution >= 4 is 16.0 Å².